The molecule has 0 aromatic heterocycles. The lowest BCUT2D eigenvalue weighted by Gasteiger charge is -2.20. The molecule has 18 heavy (non-hydrogen) atoms. The Balaban J connectivity index is 3.10. The van der Waals surface area contributed by atoms with Gasteiger partial charge in [-0.3, -0.25) is 0 Å². The lowest BCUT2D eigenvalue weighted by Crippen LogP contribution is -2.20. The molecule has 0 bridgehead atoms. The van der Waals surface area contributed by atoms with Crippen LogP contribution in [-0.2, 0) is 6.18 Å². The van der Waals surface area contributed by atoms with Crippen LogP contribution in [0.25, 0.3) is 0 Å². The molecule has 0 unspecified atom stereocenters. The zero-order chi connectivity index (χ0) is 13.8. The average molecular weight is 261 g/mol. The zero-order valence-corrected chi connectivity index (χ0v) is 10.8. The molecule has 0 aliphatic carbocycles. The maximum absolute atomic E-state index is 12.9. The van der Waals surface area contributed by atoms with Gasteiger partial charge in [-0.25, -0.2) is 0 Å². The van der Waals surface area contributed by atoms with Gasteiger partial charge in [-0.05, 0) is 31.0 Å². The predicted octanol–water partition coefficient (Wildman–Crippen LogP) is 4.31. The van der Waals surface area contributed by atoms with Gasteiger partial charge in [-0.2, -0.15) is 13.2 Å². The number of ether oxygens (including phenoxy) is 1. The molecule has 1 rings (SSSR count). The van der Waals surface area contributed by atoms with Crippen molar-refractivity contribution in [3.8, 4) is 5.75 Å². The Labute approximate surface area is 105 Å². The molecule has 0 radical (unpaired) electrons. The first-order valence-electron chi connectivity index (χ1n) is 5.94. The fourth-order valence-electron chi connectivity index (χ4n) is 1.72. The van der Waals surface area contributed by atoms with Gasteiger partial charge in [-0.15, -0.1) is 0 Å². The van der Waals surface area contributed by atoms with E-state index in [1.165, 1.54) is 19.2 Å². The second-order valence-corrected chi connectivity index (χ2v) is 4.07. The molecule has 1 aromatic carbocycles. The van der Waals surface area contributed by atoms with Crippen molar-refractivity contribution in [2.24, 2.45) is 0 Å². The molecule has 0 heterocycles. The summed E-state index contributed by atoms with van der Waals surface area (Å²) in [6.45, 7) is 3.88. The lowest BCUT2D eigenvalue weighted by atomic mass is 10.1. The van der Waals surface area contributed by atoms with Gasteiger partial charge in [0.2, 0.25) is 0 Å². The van der Waals surface area contributed by atoms with E-state index in [0.717, 1.165) is 18.9 Å². The minimum atomic E-state index is -4.39. The van der Waals surface area contributed by atoms with Crippen molar-refractivity contribution in [2.75, 3.05) is 12.4 Å². The highest BCUT2D eigenvalue weighted by atomic mass is 19.4. The van der Waals surface area contributed by atoms with Crippen LogP contribution in [0.2, 0.25) is 0 Å². The SMILES string of the molecule is CCC(CC)Nc1ccc(OC)cc1C(F)(F)F. The van der Waals surface area contributed by atoms with Crippen molar-refractivity contribution < 1.29 is 17.9 Å². The van der Waals surface area contributed by atoms with E-state index in [1.54, 1.807) is 0 Å². The van der Waals surface area contributed by atoms with Crippen molar-refractivity contribution in [1.82, 2.24) is 0 Å². The Morgan fingerprint density at radius 3 is 2.28 bits per heavy atom. The summed E-state index contributed by atoms with van der Waals surface area (Å²) in [4.78, 5) is 0. The molecule has 0 saturated heterocycles. The monoisotopic (exact) mass is 261 g/mol. The Morgan fingerprint density at radius 1 is 1.22 bits per heavy atom. The Bertz CT molecular complexity index is 386. The summed E-state index contributed by atoms with van der Waals surface area (Å²) in [6.07, 6.45) is -2.83. The lowest BCUT2D eigenvalue weighted by molar-refractivity contribution is -0.137. The van der Waals surface area contributed by atoms with Crippen molar-refractivity contribution >= 4 is 5.69 Å². The standard InChI is InChI=1S/C13H18F3NO/c1-4-9(5-2)17-12-7-6-10(18-3)8-11(12)13(14,15)16/h6-9,17H,4-5H2,1-3H3. The molecule has 0 atom stereocenters. The summed E-state index contributed by atoms with van der Waals surface area (Å²) in [5, 5.41) is 2.93. The van der Waals surface area contributed by atoms with Gasteiger partial charge in [0.15, 0.2) is 0 Å². The molecule has 5 heteroatoms. The highest BCUT2D eigenvalue weighted by molar-refractivity contribution is 5.56. The summed E-state index contributed by atoms with van der Waals surface area (Å²) in [5.74, 6) is 0.206. The minimum Gasteiger partial charge on any atom is -0.497 e. The molecular weight excluding hydrogens is 243 g/mol. The van der Waals surface area contributed by atoms with Crippen LogP contribution in [0.15, 0.2) is 18.2 Å². The highest BCUT2D eigenvalue weighted by Crippen LogP contribution is 2.37. The molecule has 0 aliphatic heterocycles. The number of alkyl halides is 3. The van der Waals surface area contributed by atoms with Crippen LogP contribution in [0.3, 0.4) is 0 Å². The van der Waals surface area contributed by atoms with Crippen LogP contribution in [0.4, 0.5) is 18.9 Å². The van der Waals surface area contributed by atoms with E-state index in [1.807, 2.05) is 13.8 Å². The molecule has 0 saturated carbocycles. The third-order valence-electron chi connectivity index (χ3n) is 2.88. The zero-order valence-electron chi connectivity index (χ0n) is 10.8. The smallest absolute Gasteiger partial charge is 0.418 e. The van der Waals surface area contributed by atoms with Crippen molar-refractivity contribution in [3.63, 3.8) is 0 Å². The molecule has 2 nitrogen and oxygen atoms in total. The van der Waals surface area contributed by atoms with Crippen LogP contribution in [0, 0.1) is 0 Å². The second-order valence-electron chi connectivity index (χ2n) is 4.07. The Morgan fingerprint density at radius 2 is 1.83 bits per heavy atom. The van der Waals surface area contributed by atoms with E-state index >= 15 is 0 Å². The third-order valence-corrected chi connectivity index (χ3v) is 2.88. The first-order chi connectivity index (χ1) is 8.42. The Hall–Kier alpha value is -1.39. The largest absolute Gasteiger partial charge is 0.497 e. The van der Waals surface area contributed by atoms with E-state index in [-0.39, 0.29) is 17.5 Å². The number of rotatable bonds is 5. The normalized spacial score (nSPS) is 11.7. The topological polar surface area (TPSA) is 21.3 Å². The van der Waals surface area contributed by atoms with Crippen molar-refractivity contribution in [1.29, 1.82) is 0 Å². The molecule has 0 aliphatic rings. The fourth-order valence-corrected chi connectivity index (χ4v) is 1.72. The second kappa shape index (κ2) is 5.98. The van der Waals surface area contributed by atoms with Gasteiger partial charge in [0, 0.05) is 11.7 Å². The molecule has 1 aromatic rings. The summed E-state index contributed by atoms with van der Waals surface area (Å²) in [6, 6.07) is 4.00. The summed E-state index contributed by atoms with van der Waals surface area (Å²) < 4.78 is 43.6. The number of hydrogen-bond acceptors (Lipinski definition) is 2. The van der Waals surface area contributed by atoms with Gasteiger partial charge in [0.1, 0.15) is 5.75 Å². The van der Waals surface area contributed by atoms with Gasteiger partial charge >= 0.3 is 6.18 Å². The van der Waals surface area contributed by atoms with E-state index in [9.17, 15) is 13.2 Å². The molecule has 0 spiro atoms. The van der Waals surface area contributed by atoms with Gasteiger partial charge in [0.05, 0.1) is 12.7 Å². The predicted molar refractivity (Wildman–Crippen MR) is 66.0 cm³/mol. The van der Waals surface area contributed by atoms with Crippen LogP contribution in [-0.4, -0.2) is 13.2 Å². The Kier molecular flexibility index (Phi) is 4.87. The number of halogens is 3. The molecule has 0 fully saturated rings. The molecule has 0 amide bonds. The van der Waals surface area contributed by atoms with Gasteiger partial charge < -0.3 is 10.1 Å². The summed E-state index contributed by atoms with van der Waals surface area (Å²) in [5.41, 5.74) is -0.578. The summed E-state index contributed by atoms with van der Waals surface area (Å²) in [7, 11) is 1.35. The summed E-state index contributed by atoms with van der Waals surface area (Å²) >= 11 is 0. The number of anilines is 1. The van der Waals surface area contributed by atoms with Gasteiger partial charge in [-0.1, -0.05) is 13.8 Å². The van der Waals surface area contributed by atoms with E-state index < -0.39 is 11.7 Å². The number of nitrogens with one attached hydrogen (secondary N) is 1. The average Bonchev–Trinajstić information content (AvgIpc) is 2.34. The van der Waals surface area contributed by atoms with Crippen LogP contribution < -0.4 is 10.1 Å². The first-order valence-corrected chi connectivity index (χ1v) is 5.94. The maximum atomic E-state index is 12.9. The number of hydrogen-bond donors (Lipinski definition) is 1. The van der Waals surface area contributed by atoms with Crippen molar-refractivity contribution in [2.45, 2.75) is 38.9 Å². The maximum Gasteiger partial charge on any atom is 0.418 e. The highest BCUT2D eigenvalue weighted by Gasteiger charge is 2.34. The number of methoxy groups -OCH3 is 1. The minimum absolute atomic E-state index is 0.0412. The molecular formula is C13H18F3NO. The van der Waals surface area contributed by atoms with Gasteiger partial charge in [0.25, 0.3) is 0 Å². The fraction of sp³-hybridized carbons (Fsp3) is 0.538. The van der Waals surface area contributed by atoms with Crippen LogP contribution in [0.5, 0.6) is 5.75 Å². The number of benzene rings is 1. The molecule has 1 N–H and O–H groups in total. The third kappa shape index (κ3) is 3.55. The first kappa shape index (κ1) is 14.7. The van der Waals surface area contributed by atoms with Crippen LogP contribution in [0.1, 0.15) is 32.3 Å². The van der Waals surface area contributed by atoms with Crippen molar-refractivity contribution in [3.05, 3.63) is 23.8 Å². The van der Waals surface area contributed by atoms with Crippen LogP contribution >= 0.6 is 0 Å². The molecule has 102 valence electrons. The quantitative estimate of drug-likeness (QED) is 0.852. The van der Waals surface area contributed by atoms with E-state index in [0.29, 0.717) is 0 Å². The van der Waals surface area contributed by atoms with E-state index in [2.05, 4.69) is 5.32 Å². The van der Waals surface area contributed by atoms with E-state index in [4.69, 9.17) is 4.74 Å².